The van der Waals surface area contributed by atoms with Crippen molar-refractivity contribution in [3.8, 4) is 0 Å². The number of ether oxygens (including phenoxy) is 1. The molecule has 4 rings (SSSR count). The summed E-state index contributed by atoms with van der Waals surface area (Å²) in [6, 6.07) is 11.6. The monoisotopic (exact) mass is 328 g/mol. The molecule has 1 aliphatic carbocycles. The summed E-state index contributed by atoms with van der Waals surface area (Å²) in [6.45, 7) is 1.27. The summed E-state index contributed by atoms with van der Waals surface area (Å²) in [5.74, 6) is 0. The van der Waals surface area contributed by atoms with Crippen molar-refractivity contribution in [2.24, 2.45) is 0 Å². The molecule has 4 nitrogen and oxygen atoms in total. The Kier molecular flexibility index (Phi) is 3.71. The van der Waals surface area contributed by atoms with Gasteiger partial charge in [0.15, 0.2) is 0 Å². The van der Waals surface area contributed by atoms with E-state index in [0.717, 1.165) is 34.7 Å². The van der Waals surface area contributed by atoms with Gasteiger partial charge in [-0.15, -0.1) is 0 Å². The SMILES string of the molecule is O=C(Nc1ccc2c(c1)COC2)NC1CCc2cc(Cl)ccc21. The van der Waals surface area contributed by atoms with Crippen LogP contribution in [0, 0.1) is 0 Å². The summed E-state index contributed by atoms with van der Waals surface area (Å²) in [4.78, 5) is 12.3. The standard InChI is InChI=1S/C18H17ClN2O2/c19-14-3-5-16-11(7-14)2-6-17(16)21-18(22)20-15-4-1-12-9-23-10-13(12)8-15/h1,3-5,7-8,17H,2,6,9-10H2,(H2,20,21,22). The van der Waals surface area contributed by atoms with Gasteiger partial charge < -0.3 is 15.4 Å². The topological polar surface area (TPSA) is 50.4 Å². The first-order valence-corrected chi connectivity index (χ1v) is 8.12. The first kappa shape index (κ1) is 14.5. The Morgan fingerprint density at radius 1 is 1.09 bits per heavy atom. The van der Waals surface area contributed by atoms with E-state index < -0.39 is 0 Å². The molecule has 2 aromatic rings. The summed E-state index contributed by atoms with van der Waals surface area (Å²) >= 11 is 6.02. The highest BCUT2D eigenvalue weighted by molar-refractivity contribution is 6.30. The number of halogens is 1. The zero-order valence-corrected chi connectivity index (χ0v) is 13.3. The Labute approximate surface area is 139 Å². The quantitative estimate of drug-likeness (QED) is 0.869. The number of carbonyl (C=O) groups is 1. The lowest BCUT2D eigenvalue weighted by Gasteiger charge is -2.15. The number of rotatable bonds is 2. The summed E-state index contributed by atoms with van der Waals surface area (Å²) in [5, 5.41) is 6.70. The molecule has 0 spiro atoms. The van der Waals surface area contributed by atoms with Crippen molar-refractivity contribution in [2.45, 2.75) is 32.1 Å². The summed E-state index contributed by atoms with van der Waals surface area (Å²) in [7, 11) is 0. The van der Waals surface area contributed by atoms with Crippen LogP contribution in [0.4, 0.5) is 10.5 Å². The minimum Gasteiger partial charge on any atom is -0.372 e. The predicted molar refractivity (Wildman–Crippen MR) is 89.6 cm³/mol. The van der Waals surface area contributed by atoms with Crippen LogP contribution in [0.3, 0.4) is 0 Å². The highest BCUT2D eigenvalue weighted by atomic mass is 35.5. The smallest absolute Gasteiger partial charge is 0.319 e. The van der Waals surface area contributed by atoms with Crippen molar-refractivity contribution in [1.82, 2.24) is 5.32 Å². The molecule has 0 radical (unpaired) electrons. The third-order valence-electron chi connectivity index (χ3n) is 4.47. The number of anilines is 1. The fourth-order valence-electron chi connectivity index (χ4n) is 3.31. The minimum absolute atomic E-state index is 0.0417. The van der Waals surface area contributed by atoms with Gasteiger partial charge in [-0.3, -0.25) is 0 Å². The number of hydrogen-bond acceptors (Lipinski definition) is 2. The zero-order valence-electron chi connectivity index (χ0n) is 12.6. The average Bonchev–Trinajstić information content (AvgIpc) is 3.13. The molecule has 23 heavy (non-hydrogen) atoms. The number of benzene rings is 2. The Balaban J connectivity index is 1.43. The molecular weight excluding hydrogens is 312 g/mol. The van der Waals surface area contributed by atoms with E-state index in [-0.39, 0.29) is 12.1 Å². The molecule has 2 aliphatic rings. The van der Waals surface area contributed by atoms with Gasteiger partial charge in [0, 0.05) is 10.7 Å². The van der Waals surface area contributed by atoms with Crippen LogP contribution in [0.25, 0.3) is 0 Å². The largest absolute Gasteiger partial charge is 0.372 e. The lowest BCUT2D eigenvalue weighted by Crippen LogP contribution is -2.31. The van der Waals surface area contributed by atoms with Gasteiger partial charge in [-0.25, -0.2) is 4.79 Å². The Hall–Kier alpha value is -2.04. The van der Waals surface area contributed by atoms with Crippen molar-refractivity contribution in [3.05, 3.63) is 63.7 Å². The number of aryl methyl sites for hydroxylation is 1. The molecule has 1 unspecified atom stereocenters. The van der Waals surface area contributed by atoms with Gasteiger partial charge in [0.05, 0.1) is 19.3 Å². The van der Waals surface area contributed by atoms with Crippen molar-refractivity contribution >= 4 is 23.3 Å². The molecule has 1 atom stereocenters. The van der Waals surface area contributed by atoms with Crippen molar-refractivity contribution in [1.29, 1.82) is 0 Å². The molecule has 2 amide bonds. The van der Waals surface area contributed by atoms with Gasteiger partial charge in [-0.05, 0) is 59.4 Å². The van der Waals surface area contributed by atoms with Crippen molar-refractivity contribution in [3.63, 3.8) is 0 Å². The van der Waals surface area contributed by atoms with Gasteiger partial charge >= 0.3 is 6.03 Å². The van der Waals surface area contributed by atoms with E-state index in [1.165, 1.54) is 11.1 Å². The average molecular weight is 329 g/mol. The highest BCUT2D eigenvalue weighted by Gasteiger charge is 2.24. The second-order valence-electron chi connectivity index (χ2n) is 6.01. The third-order valence-corrected chi connectivity index (χ3v) is 4.70. The molecule has 0 aromatic heterocycles. The van der Waals surface area contributed by atoms with Crippen LogP contribution in [0.2, 0.25) is 5.02 Å². The molecule has 2 aromatic carbocycles. The number of carbonyl (C=O) groups excluding carboxylic acids is 1. The van der Waals surface area contributed by atoms with Gasteiger partial charge in [-0.2, -0.15) is 0 Å². The molecule has 118 valence electrons. The van der Waals surface area contributed by atoms with Gasteiger partial charge in [-0.1, -0.05) is 23.7 Å². The van der Waals surface area contributed by atoms with Crippen LogP contribution in [0.5, 0.6) is 0 Å². The van der Waals surface area contributed by atoms with Crippen LogP contribution < -0.4 is 10.6 Å². The maximum absolute atomic E-state index is 12.3. The number of urea groups is 1. The lowest BCUT2D eigenvalue weighted by atomic mass is 10.1. The van der Waals surface area contributed by atoms with Crippen LogP contribution in [-0.4, -0.2) is 6.03 Å². The normalized spacial score (nSPS) is 18.4. The van der Waals surface area contributed by atoms with E-state index in [4.69, 9.17) is 16.3 Å². The van der Waals surface area contributed by atoms with Crippen LogP contribution in [0.1, 0.15) is 34.7 Å². The van der Waals surface area contributed by atoms with Crippen LogP contribution >= 0.6 is 11.6 Å². The van der Waals surface area contributed by atoms with Crippen LogP contribution in [0.15, 0.2) is 36.4 Å². The van der Waals surface area contributed by atoms with E-state index in [0.29, 0.717) is 13.2 Å². The molecule has 2 N–H and O–H groups in total. The summed E-state index contributed by atoms with van der Waals surface area (Å²) in [5.41, 5.74) is 5.51. The molecule has 1 heterocycles. The second kappa shape index (κ2) is 5.87. The lowest BCUT2D eigenvalue weighted by molar-refractivity contribution is 0.134. The van der Waals surface area contributed by atoms with E-state index in [1.807, 2.05) is 36.4 Å². The fourth-order valence-corrected chi connectivity index (χ4v) is 3.51. The minimum atomic E-state index is -0.184. The van der Waals surface area contributed by atoms with E-state index in [2.05, 4.69) is 10.6 Å². The Bertz CT molecular complexity index is 776. The molecule has 0 saturated heterocycles. The molecule has 0 bridgehead atoms. The van der Waals surface area contributed by atoms with Crippen molar-refractivity contribution in [2.75, 3.05) is 5.32 Å². The predicted octanol–water partition coefficient (Wildman–Crippen LogP) is 4.18. The fraction of sp³-hybridized carbons (Fsp3) is 0.278. The van der Waals surface area contributed by atoms with E-state index in [9.17, 15) is 4.79 Å². The first-order valence-electron chi connectivity index (χ1n) is 7.74. The number of hydrogen-bond donors (Lipinski definition) is 2. The van der Waals surface area contributed by atoms with E-state index >= 15 is 0 Å². The number of amides is 2. The maximum Gasteiger partial charge on any atom is 0.319 e. The Morgan fingerprint density at radius 2 is 1.96 bits per heavy atom. The first-order chi connectivity index (χ1) is 11.2. The number of fused-ring (bicyclic) bond motifs is 2. The molecular formula is C18H17ClN2O2. The number of nitrogens with one attached hydrogen (secondary N) is 2. The molecule has 0 saturated carbocycles. The zero-order chi connectivity index (χ0) is 15.8. The summed E-state index contributed by atoms with van der Waals surface area (Å²) in [6.07, 6.45) is 1.85. The molecule has 1 aliphatic heterocycles. The van der Waals surface area contributed by atoms with Crippen molar-refractivity contribution < 1.29 is 9.53 Å². The van der Waals surface area contributed by atoms with Crippen LogP contribution in [-0.2, 0) is 24.4 Å². The maximum atomic E-state index is 12.3. The third kappa shape index (κ3) is 2.92. The van der Waals surface area contributed by atoms with Gasteiger partial charge in [0.2, 0.25) is 0 Å². The van der Waals surface area contributed by atoms with Gasteiger partial charge in [0.25, 0.3) is 0 Å². The van der Waals surface area contributed by atoms with E-state index in [1.54, 1.807) is 0 Å². The second-order valence-corrected chi connectivity index (χ2v) is 6.45. The summed E-state index contributed by atoms with van der Waals surface area (Å²) < 4.78 is 5.39. The molecule has 0 fully saturated rings. The van der Waals surface area contributed by atoms with Gasteiger partial charge in [0.1, 0.15) is 0 Å². The Morgan fingerprint density at radius 3 is 2.87 bits per heavy atom. The highest BCUT2D eigenvalue weighted by Crippen LogP contribution is 2.33. The molecule has 5 heteroatoms.